The van der Waals surface area contributed by atoms with Crippen molar-refractivity contribution in [1.29, 1.82) is 0 Å². The second-order valence-electron chi connectivity index (χ2n) is 3.46. The molecule has 0 amide bonds. The van der Waals surface area contributed by atoms with Crippen molar-refractivity contribution in [3.05, 3.63) is 28.0 Å². The van der Waals surface area contributed by atoms with Crippen molar-refractivity contribution in [2.75, 3.05) is 20.2 Å². The summed E-state index contributed by atoms with van der Waals surface area (Å²) in [4.78, 5) is 25.9. The molecule has 0 fully saturated rings. The summed E-state index contributed by atoms with van der Waals surface area (Å²) in [7, 11) is 1.26. The van der Waals surface area contributed by atoms with E-state index in [1.54, 1.807) is 12.1 Å². The third-order valence-electron chi connectivity index (χ3n) is 1.99. The third kappa shape index (κ3) is 7.49. The van der Waals surface area contributed by atoms with E-state index in [2.05, 4.69) is 15.0 Å². The Kier molecular flexibility index (Phi) is 9.24. The predicted molar refractivity (Wildman–Crippen MR) is 76.2 cm³/mol. The van der Waals surface area contributed by atoms with Gasteiger partial charge in [0.1, 0.15) is 16.9 Å². The van der Waals surface area contributed by atoms with Crippen LogP contribution in [0.5, 0.6) is 0 Å². The second-order valence-corrected chi connectivity index (χ2v) is 4.24. The quantitative estimate of drug-likeness (QED) is 0.625. The summed E-state index contributed by atoms with van der Waals surface area (Å²) >= 11 is 11.4. The molecule has 1 heterocycles. The summed E-state index contributed by atoms with van der Waals surface area (Å²) in [6.45, 7) is -0.124. The van der Waals surface area contributed by atoms with Crippen LogP contribution in [-0.2, 0) is 25.7 Å². The highest BCUT2D eigenvalue weighted by Gasteiger charge is 2.06. The Morgan fingerprint density at radius 2 is 1.75 bits per heavy atom. The molecule has 1 aromatic rings. The molecule has 0 atom stereocenters. The summed E-state index contributed by atoms with van der Waals surface area (Å²) < 4.78 is 9.35. The summed E-state index contributed by atoms with van der Waals surface area (Å²) in [6, 6.07) is 3.09. The van der Waals surface area contributed by atoms with Crippen LogP contribution < -0.4 is 5.32 Å². The standard InChI is InChI=1S/C11H12Cl2N2O4.ClH/c1-18-10(16)4-14-5-11(17)19-6-7-2-8(12)15-9(13)3-7;/h2-3,14H,4-6H2,1H3;1H. The van der Waals surface area contributed by atoms with Crippen LogP contribution >= 0.6 is 35.6 Å². The van der Waals surface area contributed by atoms with Crippen molar-refractivity contribution in [1.82, 2.24) is 10.3 Å². The summed E-state index contributed by atoms with van der Waals surface area (Å²) in [5.74, 6) is -0.964. The van der Waals surface area contributed by atoms with Crippen LogP contribution in [-0.4, -0.2) is 37.1 Å². The number of aromatic nitrogens is 1. The molecule has 0 unspecified atom stereocenters. The number of rotatable bonds is 6. The van der Waals surface area contributed by atoms with Crippen LogP contribution in [0.1, 0.15) is 5.56 Å². The molecular formula is C11H13Cl3N2O4. The van der Waals surface area contributed by atoms with Crippen LogP contribution in [0, 0.1) is 0 Å². The number of halogens is 3. The summed E-state index contributed by atoms with van der Waals surface area (Å²) in [5.41, 5.74) is 0.631. The Hall–Kier alpha value is -1.08. The molecule has 0 saturated carbocycles. The topological polar surface area (TPSA) is 77.5 Å². The zero-order valence-corrected chi connectivity index (χ0v) is 12.8. The summed E-state index contributed by atoms with van der Waals surface area (Å²) in [5, 5.41) is 3.03. The van der Waals surface area contributed by atoms with E-state index in [1.165, 1.54) is 7.11 Å². The number of carbonyl (C=O) groups excluding carboxylic acids is 2. The van der Waals surface area contributed by atoms with Gasteiger partial charge in [0.05, 0.1) is 20.2 Å². The van der Waals surface area contributed by atoms with Crippen LogP contribution in [0.15, 0.2) is 12.1 Å². The lowest BCUT2D eigenvalue weighted by Gasteiger charge is -2.06. The molecule has 0 aliphatic carbocycles. The molecule has 0 aromatic carbocycles. The first-order valence-electron chi connectivity index (χ1n) is 5.26. The molecule has 0 spiro atoms. The maximum atomic E-state index is 11.3. The zero-order chi connectivity index (χ0) is 14.3. The Morgan fingerprint density at radius 3 is 2.30 bits per heavy atom. The van der Waals surface area contributed by atoms with E-state index in [-0.39, 0.29) is 42.4 Å². The molecule has 1 aromatic heterocycles. The first kappa shape index (κ1) is 18.9. The van der Waals surface area contributed by atoms with E-state index in [0.717, 1.165) is 0 Å². The fraction of sp³-hybridized carbons (Fsp3) is 0.364. The van der Waals surface area contributed by atoms with Gasteiger partial charge < -0.3 is 9.47 Å². The molecule has 6 nitrogen and oxygen atoms in total. The van der Waals surface area contributed by atoms with Gasteiger partial charge in [-0.05, 0) is 17.7 Å². The maximum absolute atomic E-state index is 11.3. The van der Waals surface area contributed by atoms with Gasteiger partial charge >= 0.3 is 11.9 Å². The van der Waals surface area contributed by atoms with Crippen LogP contribution in [0.25, 0.3) is 0 Å². The second kappa shape index (κ2) is 9.77. The molecule has 0 aliphatic heterocycles. The van der Waals surface area contributed by atoms with Gasteiger partial charge in [-0.3, -0.25) is 14.9 Å². The van der Waals surface area contributed by atoms with Gasteiger partial charge in [-0.25, -0.2) is 4.98 Å². The first-order chi connectivity index (χ1) is 9.01. The van der Waals surface area contributed by atoms with Crippen molar-refractivity contribution in [2.24, 2.45) is 0 Å². The molecule has 0 bridgehead atoms. The average molecular weight is 344 g/mol. The Bertz CT molecular complexity index is 451. The number of nitrogens with one attached hydrogen (secondary N) is 1. The van der Waals surface area contributed by atoms with Gasteiger partial charge in [-0.15, -0.1) is 12.4 Å². The Balaban J connectivity index is 0.00000361. The zero-order valence-electron chi connectivity index (χ0n) is 10.5. The van der Waals surface area contributed by atoms with E-state index in [9.17, 15) is 9.59 Å². The van der Waals surface area contributed by atoms with Crippen molar-refractivity contribution in [2.45, 2.75) is 6.61 Å². The molecular weight excluding hydrogens is 330 g/mol. The normalized spacial score (nSPS) is 9.55. The third-order valence-corrected chi connectivity index (χ3v) is 2.38. The molecule has 1 N–H and O–H groups in total. The van der Waals surface area contributed by atoms with E-state index >= 15 is 0 Å². The maximum Gasteiger partial charge on any atom is 0.320 e. The largest absolute Gasteiger partial charge is 0.468 e. The molecule has 0 aliphatic rings. The molecule has 9 heteroatoms. The van der Waals surface area contributed by atoms with Crippen molar-refractivity contribution >= 4 is 47.5 Å². The number of pyridine rings is 1. The average Bonchev–Trinajstić information content (AvgIpc) is 2.35. The van der Waals surface area contributed by atoms with Crippen LogP contribution in [0.4, 0.5) is 0 Å². The molecule has 1 rings (SSSR count). The van der Waals surface area contributed by atoms with E-state index in [0.29, 0.717) is 5.56 Å². The molecule has 112 valence electrons. The van der Waals surface area contributed by atoms with Crippen molar-refractivity contribution in [3.63, 3.8) is 0 Å². The fourth-order valence-corrected chi connectivity index (χ4v) is 1.66. The highest BCUT2D eigenvalue weighted by atomic mass is 35.5. The lowest BCUT2D eigenvalue weighted by atomic mass is 10.3. The minimum atomic E-state index is -0.507. The SMILES string of the molecule is COC(=O)CNCC(=O)OCc1cc(Cl)nc(Cl)c1.Cl. The number of methoxy groups -OCH3 is 1. The number of ether oxygens (including phenoxy) is 2. The van der Waals surface area contributed by atoms with Gasteiger partial charge in [0.25, 0.3) is 0 Å². The Labute approximate surface area is 132 Å². The highest BCUT2D eigenvalue weighted by molar-refractivity contribution is 6.32. The van der Waals surface area contributed by atoms with Crippen molar-refractivity contribution in [3.8, 4) is 0 Å². The number of hydrogen-bond acceptors (Lipinski definition) is 6. The van der Waals surface area contributed by atoms with Gasteiger partial charge in [-0.1, -0.05) is 23.2 Å². The molecule has 0 radical (unpaired) electrons. The lowest BCUT2D eigenvalue weighted by molar-refractivity contribution is -0.144. The fourth-order valence-electron chi connectivity index (χ4n) is 1.15. The van der Waals surface area contributed by atoms with Gasteiger partial charge in [-0.2, -0.15) is 0 Å². The van der Waals surface area contributed by atoms with E-state index in [4.69, 9.17) is 27.9 Å². The highest BCUT2D eigenvalue weighted by Crippen LogP contribution is 2.15. The number of nitrogens with zero attached hydrogens (tertiary/aromatic N) is 1. The van der Waals surface area contributed by atoms with E-state index in [1.807, 2.05) is 0 Å². The van der Waals surface area contributed by atoms with Gasteiger partial charge in [0.2, 0.25) is 0 Å². The minimum Gasteiger partial charge on any atom is -0.468 e. The lowest BCUT2D eigenvalue weighted by Crippen LogP contribution is -2.30. The van der Waals surface area contributed by atoms with Gasteiger partial charge in [0.15, 0.2) is 0 Å². The van der Waals surface area contributed by atoms with E-state index < -0.39 is 11.9 Å². The van der Waals surface area contributed by atoms with Crippen LogP contribution in [0.2, 0.25) is 10.3 Å². The molecule has 0 saturated heterocycles. The smallest absolute Gasteiger partial charge is 0.320 e. The Morgan fingerprint density at radius 1 is 1.20 bits per heavy atom. The van der Waals surface area contributed by atoms with Crippen molar-refractivity contribution < 1.29 is 19.1 Å². The predicted octanol–water partition coefficient (Wildman–Crippen LogP) is 1.62. The number of esters is 2. The monoisotopic (exact) mass is 342 g/mol. The molecule has 20 heavy (non-hydrogen) atoms. The number of hydrogen-bond donors (Lipinski definition) is 1. The first-order valence-corrected chi connectivity index (χ1v) is 6.02. The van der Waals surface area contributed by atoms with Crippen LogP contribution in [0.3, 0.4) is 0 Å². The summed E-state index contributed by atoms with van der Waals surface area (Å²) in [6.07, 6.45) is 0. The number of carbonyl (C=O) groups is 2. The van der Waals surface area contributed by atoms with Gasteiger partial charge in [0, 0.05) is 0 Å². The minimum absolute atomic E-state index is 0.